The van der Waals surface area contributed by atoms with Gasteiger partial charge < -0.3 is 10.1 Å². The van der Waals surface area contributed by atoms with Crippen molar-refractivity contribution in [3.8, 4) is 11.6 Å². The maximum atomic E-state index is 6.05. The second-order valence-corrected chi connectivity index (χ2v) is 6.03. The van der Waals surface area contributed by atoms with Crippen LogP contribution in [0.5, 0.6) is 11.6 Å². The van der Waals surface area contributed by atoms with Crippen LogP contribution >= 0.6 is 11.6 Å². The molecule has 1 N–H and O–H groups in total. The van der Waals surface area contributed by atoms with E-state index >= 15 is 0 Å². The first kappa shape index (κ1) is 14.4. The van der Waals surface area contributed by atoms with Gasteiger partial charge >= 0.3 is 0 Å². The number of ether oxygens (including phenoxy) is 1. The van der Waals surface area contributed by atoms with Crippen molar-refractivity contribution >= 4 is 11.6 Å². The molecule has 4 heteroatoms. The molecule has 0 unspecified atom stereocenters. The lowest BCUT2D eigenvalue weighted by atomic mass is 10.1. The first-order valence-electron chi connectivity index (χ1n) is 7.26. The number of nitrogens with zero attached hydrogens (tertiary/aromatic N) is 1. The van der Waals surface area contributed by atoms with E-state index in [1.54, 1.807) is 0 Å². The summed E-state index contributed by atoms with van der Waals surface area (Å²) in [5.74, 6) is 1.46. The molecule has 1 aliphatic rings. The summed E-state index contributed by atoms with van der Waals surface area (Å²) in [6.45, 7) is 4.78. The number of benzene rings is 1. The zero-order chi connectivity index (χ0) is 14.8. The van der Waals surface area contributed by atoms with Crippen LogP contribution in [-0.2, 0) is 6.54 Å². The van der Waals surface area contributed by atoms with Crippen LogP contribution in [0.1, 0.15) is 29.7 Å². The predicted molar refractivity (Wildman–Crippen MR) is 85.1 cm³/mol. The highest BCUT2D eigenvalue weighted by atomic mass is 35.5. The normalized spacial score (nSPS) is 14.2. The van der Waals surface area contributed by atoms with Crippen LogP contribution in [0, 0.1) is 13.8 Å². The molecular weight excluding hydrogens is 284 g/mol. The van der Waals surface area contributed by atoms with Gasteiger partial charge in [0.1, 0.15) is 5.75 Å². The van der Waals surface area contributed by atoms with Crippen molar-refractivity contribution in [3.05, 3.63) is 52.2 Å². The number of aromatic nitrogens is 1. The van der Waals surface area contributed by atoms with Crippen LogP contribution in [0.2, 0.25) is 5.02 Å². The molecule has 1 heterocycles. The highest BCUT2D eigenvalue weighted by Crippen LogP contribution is 2.30. The Bertz CT molecular complexity index is 630. The van der Waals surface area contributed by atoms with E-state index in [1.807, 2.05) is 44.2 Å². The molecule has 1 fully saturated rings. The van der Waals surface area contributed by atoms with Gasteiger partial charge in [0.2, 0.25) is 5.88 Å². The van der Waals surface area contributed by atoms with Gasteiger partial charge in [0, 0.05) is 23.7 Å². The van der Waals surface area contributed by atoms with Crippen molar-refractivity contribution in [1.82, 2.24) is 10.3 Å². The van der Waals surface area contributed by atoms with E-state index in [-0.39, 0.29) is 0 Å². The molecule has 0 atom stereocenters. The Morgan fingerprint density at radius 1 is 1.24 bits per heavy atom. The van der Waals surface area contributed by atoms with Crippen LogP contribution in [-0.4, -0.2) is 11.0 Å². The maximum Gasteiger partial charge on any atom is 0.219 e. The molecule has 0 bridgehead atoms. The summed E-state index contributed by atoms with van der Waals surface area (Å²) in [7, 11) is 0. The minimum atomic E-state index is 0.624. The van der Waals surface area contributed by atoms with E-state index in [9.17, 15) is 0 Å². The Labute approximate surface area is 130 Å². The Balaban J connectivity index is 1.76. The SMILES string of the molecule is Cc1cc(Cl)cc(C)c1Oc1cccc(CNC2CC2)n1. The highest BCUT2D eigenvalue weighted by molar-refractivity contribution is 6.30. The van der Waals surface area contributed by atoms with Gasteiger partial charge in [-0.25, -0.2) is 4.98 Å². The number of nitrogens with one attached hydrogen (secondary N) is 1. The molecule has 21 heavy (non-hydrogen) atoms. The average Bonchev–Trinajstić information content (AvgIpc) is 3.25. The molecule has 1 aliphatic carbocycles. The van der Waals surface area contributed by atoms with Crippen molar-refractivity contribution in [1.29, 1.82) is 0 Å². The van der Waals surface area contributed by atoms with E-state index in [0.29, 0.717) is 11.9 Å². The van der Waals surface area contributed by atoms with Crippen molar-refractivity contribution < 1.29 is 4.74 Å². The minimum absolute atomic E-state index is 0.624. The van der Waals surface area contributed by atoms with E-state index in [2.05, 4.69) is 10.3 Å². The largest absolute Gasteiger partial charge is 0.438 e. The zero-order valence-corrected chi connectivity index (χ0v) is 13.1. The average molecular weight is 303 g/mol. The van der Waals surface area contributed by atoms with Crippen LogP contribution in [0.3, 0.4) is 0 Å². The first-order chi connectivity index (χ1) is 10.1. The smallest absolute Gasteiger partial charge is 0.219 e. The monoisotopic (exact) mass is 302 g/mol. The predicted octanol–water partition coefficient (Wildman–Crippen LogP) is 4.40. The fourth-order valence-corrected chi connectivity index (χ4v) is 2.64. The summed E-state index contributed by atoms with van der Waals surface area (Å²) >= 11 is 6.05. The molecule has 1 aromatic carbocycles. The Morgan fingerprint density at radius 3 is 2.62 bits per heavy atom. The third-order valence-corrected chi connectivity index (χ3v) is 3.78. The van der Waals surface area contributed by atoms with Gasteiger partial charge in [0.05, 0.1) is 5.69 Å². The third-order valence-electron chi connectivity index (χ3n) is 3.56. The van der Waals surface area contributed by atoms with Crippen molar-refractivity contribution in [2.75, 3.05) is 0 Å². The summed E-state index contributed by atoms with van der Waals surface area (Å²) in [4.78, 5) is 4.55. The lowest BCUT2D eigenvalue weighted by molar-refractivity contribution is 0.452. The molecule has 3 nitrogen and oxygen atoms in total. The molecule has 0 aliphatic heterocycles. The van der Waals surface area contributed by atoms with Gasteiger partial charge in [0.25, 0.3) is 0 Å². The fraction of sp³-hybridized carbons (Fsp3) is 0.353. The number of hydrogen-bond acceptors (Lipinski definition) is 3. The Hall–Kier alpha value is -1.58. The lowest BCUT2D eigenvalue weighted by Gasteiger charge is -2.12. The first-order valence-corrected chi connectivity index (χ1v) is 7.63. The van der Waals surface area contributed by atoms with Gasteiger partial charge in [-0.05, 0) is 56.0 Å². The number of hydrogen-bond donors (Lipinski definition) is 1. The molecule has 3 rings (SSSR count). The molecule has 0 saturated heterocycles. The molecule has 0 spiro atoms. The fourth-order valence-electron chi connectivity index (χ4n) is 2.31. The van der Waals surface area contributed by atoms with E-state index in [0.717, 1.165) is 34.1 Å². The number of halogens is 1. The summed E-state index contributed by atoms with van der Waals surface area (Å²) in [5, 5.41) is 4.19. The molecular formula is C17H19ClN2O. The quantitative estimate of drug-likeness (QED) is 0.889. The number of aryl methyl sites for hydroxylation is 2. The van der Waals surface area contributed by atoms with Crippen molar-refractivity contribution in [2.45, 2.75) is 39.3 Å². The van der Waals surface area contributed by atoms with Crippen molar-refractivity contribution in [2.24, 2.45) is 0 Å². The molecule has 0 radical (unpaired) electrons. The second-order valence-electron chi connectivity index (χ2n) is 5.59. The Morgan fingerprint density at radius 2 is 1.95 bits per heavy atom. The summed E-state index contributed by atoms with van der Waals surface area (Å²) in [6.07, 6.45) is 2.55. The van der Waals surface area contributed by atoms with E-state index in [4.69, 9.17) is 16.3 Å². The molecule has 0 amide bonds. The third kappa shape index (κ3) is 3.74. The summed E-state index contributed by atoms with van der Waals surface area (Å²) in [6, 6.07) is 10.4. The van der Waals surface area contributed by atoms with Gasteiger partial charge in [-0.2, -0.15) is 0 Å². The maximum absolute atomic E-state index is 6.05. The molecule has 1 aromatic heterocycles. The summed E-state index contributed by atoms with van der Waals surface area (Å²) < 4.78 is 5.96. The zero-order valence-electron chi connectivity index (χ0n) is 12.3. The van der Waals surface area contributed by atoms with Gasteiger partial charge in [-0.3, -0.25) is 0 Å². The van der Waals surface area contributed by atoms with Gasteiger partial charge in [-0.15, -0.1) is 0 Å². The van der Waals surface area contributed by atoms with Crippen LogP contribution in [0.4, 0.5) is 0 Å². The molecule has 1 saturated carbocycles. The lowest BCUT2D eigenvalue weighted by Crippen LogP contribution is -2.16. The molecule has 2 aromatic rings. The van der Waals surface area contributed by atoms with Gasteiger partial charge in [-0.1, -0.05) is 17.7 Å². The van der Waals surface area contributed by atoms with Crippen LogP contribution < -0.4 is 10.1 Å². The topological polar surface area (TPSA) is 34.1 Å². The number of rotatable bonds is 5. The standard InChI is InChI=1S/C17H19ClN2O/c1-11-8-13(18)9-12(2)17(11)21-16-5-3-4-15(20-16)10-19-14-6-7-14/h3-5,8-9,14,19H,6-7,10H2,1-2H3. The van der Waals surface area contributed by atoms with E-state index < -0.39 is 0 Å². The van der Waals surface area contributed by atoms with Crippen LogP contribution in [0.25, 0.3) is 0 Å². The second kappa shape index (κ2) is 6.04. The van der Waals surface area contributed by atoms with Crippen molar-refractivity contribution in [3.63, 3.8) is 0 Å². The minimum Gasteiger partial charge on any atom is -0.438 e. The Kier molecular flexibility index (Phi) is 4.13. The highest BCUT2D eigenvalue weighted by Gasteiger charge is 2.20. The summed E-state index contributed by atoms with van der Waals surface area (Å²) in [5.41, 5.74) is 3.04. The van der Waals surface area contributed by atoms with E-state index in [1.165, 1.54) is 12.8 Å². The molecule has 110 valence electrons. The number of pyridine rings is 1. The van der Waals surface area contributed by atoms with Crippen LogP contribution in [0.15, 0.2) is 30.3 Å². The van der Waals surface area contributed by atoms with Gasteiger partial charge in [0.15, 0.2) is 0 Å².